The van der Waals surface area contributed by atoms with Crippen molar-refractivity contribution in [1.82, 2.24) is 5.43 Å². The predicted octanol–water partition coefficient (Wildman–Crippen LogP) is 2.97. The van der Waals surface area contributed by atoms with Crippen LogP contribution < -0.4 is 14.9 Å². The maximum absolute atomic E-state index is 11.7. The number of rotatable bonds is 7. The largest absolute Gasteiger partial charge is 0.490 e. The van der Waals surface area contributed by atoms with E-state index in [9.17, 15) is 4.79 Å². The van der Waals surface area contributed by atoms with Crippen LogP contribution in [0.15, 0.2) is 50.6 Å². The van der Waals surface area contributed by atoms with Crippen LogP contribution in [-0.4, -0.2) is 25.3 Å². The second-order valence-corrected chi connectivity index (χ2v) is 4.89. The Hall–Kier alpha value is -2.28. The molecule has 0 saturated heterocycles. The van der Waals surface area contributed by atoms with E-state index in [2.05, 4.69) is 26.5 Å². The van der Waals surface area contributed by atoms with Crippen molar-refractivity contribution in [3.8, 4) is 11.5 Å². The fourth-order valence-electron chi connectivity index (χ4n) is 1.59. The van der Waals surface area contributed by atoms with Gasteiger partial charge < -0.3 is 13.9 Å². The molecule has 0 saturated carbocycles. The molecule has 1 N–H and O–H groups in total. The molecule has 2 aromatic rings. The van der Waals surface area contributed by atoms with Crippen LogP contribution in [0, 0.1) is 0 Å². The predicted molar refractivity (Wildman–Crippen MR) is 85.3 cm³/mol. The zero-order chi connectivity index (χ0) is 15.8. The van der Waals surface area contributed by atoms with Gasteiger partial charge in [0.05, 0.1) is 12.8 Å². The molecule has 6 nitrogen and oxygen atoms in total. The molecule has 0 aliphatic carbocycles. The lowest BCUT2D eigenvalue weighted by molar-refractivity contribution is -0.123. The highest BCUT2D eigenvalue weighted by Gasteiger charge is 2.06. The van der Waals surface area contributed by atoms with Crippen molar-refractivity contribution in [1.29, 1.82) is 0 Å². The smallest absolute Gasteiger partial charge is 0.277 e. The van der Waals surface area contributed by atoms with E-state index in [1.165, 1.54) is 6.21 Å². The Morgan fingerprint density at radius 2 is 2.00 bits per heavy atom. The first-order valence-electron chi connectivity index (χ1n) is 6.61. The molecule has 1 heterocycles. The number of carbonyl (C=O) groups excluding carboxylic acids is 1. The van der Waals surface area contributed by atoms with Gasteiger partial charge in [-0.1, -0.05) is 12.1 Å². The van der Waals surface area contributed by atoms with Crippen LogP contribution in [0.3, 0.4) is 0 Å². The van der Waals surface area contributed by atoms with Crippen LogP contribution in [0.5, 0.6) is 11.5 Å². The summed E-state index contributed by atoms with van der Waals surface area (Å²) in [6.45, 7) is 2.24. The summed E-state index contributed by atoms with van der Waals surface area (Å²) in [5, 5.41) is 3.78. The molecule has 0 bridgehead atoms. The summed E-state index contributed by atoms with van der Waals surface area (Å²) in [4.78, 5) is 11.7. The highest BCUT2D eigenvalue weighted by molar-refractivity contribution is 9.10. The highest BCUT2D eigenvalue weighted by Crippen LogP contribution is 2.26. The normalized spacial score (nSPS) is 10.6. The molecular weight excluding hydrogens is 352 g/mol. The van der Waals surface area contributed by atoms with Crippen molar-refractivity contribution < 1.29 is 18.7 Å². The van der Waals surface area contributed by atoms with Crippen molar-refractivity contribution in [2.24, 2.45) is 5.10 Å². The molecule has 0 radical (unpaired) electrons. The lowest BCUT2D eigenvalue weighted by atomic mass is 10.3. The summed E-state index contributed by atoms with van der Waals surface area (Å²) in [6, 6.07) is 10.6. The van der Waals surface area contributed by atoms with Crippen molar-refractivity contribution in [2.45, 2.75) is 6.92 Å². The van der Waals surface area contributed by atoms with Crippen LogP contribution in [-0.2, 0) is 4.79 Å². The number of para-hydroxylation sites is 2. The van der Waals surface area contributed by atoms with Crippen LogP contribution in [0.1, 0.15) is 12.7 Å². The fraction of sp³-hybridized carbons (Fsp3) is 0.200. The van der Waals surface area contributed by atoms with Gasteiger partial charge in [-0.05, 0) is 47.1 Å². The number of carbonyl (C=O) groups is 1. The van der Waals surface area contributed by atoms with Crippen molar-refractivity contribution in [3.05, 3.63) is 46.8 Å². The quantitative estimate of drug-likeness (QED) is 0.603. The second kappa shape index (κ2) is 8.23. The van der Waals surface area contributed by atoms with Gasteiger partial charge in [-0.3, -0.25) is 4.79 Å². The molecule has 1 aromatic carbocycles. The minimum atomic E-state index is -0.381. The first-order valence-corrected chi connectivity index (χ1v) is 7.40. The van der Waals surface area contributed by atoms with Gasteiger partial charge in [0.15, 0.2) is 22.8 Å². The van der Waals surface area contributed by atoms with Gasteiger partial charge in [-0.15, -0.1) is 0 Å². The minimum absolute atomic E-state index is 0.163. The number of hydrazone groups is 1. The van der Waals surface area contributed by atoms with E-state index in [0.29, 0.717) is 28.5 Å². The van der Waals surface area contributed by atoms with Gasteiger partial charge in [0.2, 0.25) is 0 Å². The maximum atomic E-state index is 11.7. The molecule has 1 aromatic heterocycles. The summed E-state index contributed by atoms with van der Waals surface area (Å²) in [5.41, 5.74) is 2.35. The van der Waals surface area contributed by atoms with Crippen LogP contribution in [0.25, 0.3) is 0 Å². The lowest BCUT2D eigenvalue weighted by Gasteiger charge is -2.10. The second-order valence-electron chi connectivity index (χ2n) is 4.10. The molecule has 22 heavy (non-hydrogen) atoms. The number of hydrogen-bond donors (Lipinski definition) is 1. The van der Waals surface area contributed by atoms with E-state index >= 15 is 0 Å². The number of furan rings is 1. The first-order chi connectivity index (χ1) is 10.7. The number of nitrogens with zero attached hydrogens (tertiary/aromatic N) is 1. The number of ether oxygens (including phenoxy) is 2. The van der Waals surface area contributed by atoms with Crippen LogP contribution in [0.2, 0.25) is 0 Å². The molecule has 0 unspecified atom stereocenters. The summed E-state index contributed by atoms with van der Waals surface area (Å²) in [6.07, 6.45) is 1.40. The average Bonchev–Trinajstić information content (AvgIpc) is 2.92. The van der Waals surface area contributed by atoms with E-state index < -0.39 is 0 Å². The third-order valence-corrected chi connectivity index (χ3v) is 2.91. The molecule has 2 rings (SSSR count). The Balaban J connectivity index is 1.81. The number of halogens is 1. The van der Waals surface area contributed by atoms with Crippen molar-refractivity contribution in [2.75, 3.05) is 13.2 Å². The topological polar surface area (TPSA) is 73.1 Å². The van der Waals surface area contributed by atoms with E-state index in [4.69, 9.17) is 13.9 Å². The zero-order valence-corrected chi connectivity index (χ0v) is 13.5. The number of benzene rings is 1. The fourth-order valence-corrected chi connectivity index (χ4v) is 1.90. The molecule has 0 aliphatic heterocycles. The average molecular weight is 367 g/mol. The Morgan fingerprint density at radius 3 is 2.64 bits per heavy atom. The zero-order valence-electron chi connectivity index (χ0n) is 11.9. The molecule has 0 atom stereocenters. The van der Waals surface area contributed by atoms with Crippen molar-refractivity contribution in [3.63, 3.8) is 0 Å². The number of nitrogens with one attached hydrogen (secondary N) is 1. The van der Waals surface area contributed by atoms with Crippen LogP contribution in [0.4, 0.5) is 0 Å². The minimum Gasteiger partial charge on any atom is -0.490 e. The Labute approximate surface area is 136 Å². The molecule has 0 spiro atoms. The molecule has 0 aliphatic rings. The van der Waals surface area contributed by atoms with Gasteiger partial charge in [0.25, 0.3) is 5.91 Å². The summed E-state index contributed by atoms with van der Waals surface area (Å²) < 4.78 is 16.6. The standard InChI is InChI=1S/C15H15BrN2O4/c1-2-20-12-5-3-4-6-13(12)21-10-15(19)18-17-9-11-7-8-14(16)22-11/h3-9H,2,10H2,1H3,(H,18,19). The van der Waals surface area contributed by atoms with E-state index in [-0.39, 0.29) is 12.5 Å². The summed E-state index contributed by atoms with van der Waals surface area (Å²) in [7, 11) is 0. The molecule has 0 fully saturated rings. The summed E-state index contributed by atoms with van der Waals surface area (Å²) >= 11 is 3.18. The molecular formula is C15H15BrN2O4. The lowest BCUT2D eigenvalue weighted by Crippen LogP contribution is -2.24. The van der Waals surface area contributed by atoms with Gasteiger partial charge in [-0.2, -0.15) is 5.10 Å². The third-order valence-electron chi connectivity index (χ3n) is 2.48. The first kappa shape index (κ1) is 16.1. The Kier molecular flexibility index (Phi) is 6.02. The monoisotopic (exact) mass is 366 g/mol. The van der Waals surface area contributed by atoms with Gasteiger partial charge in [0, 0.05) is 0 Å². The van der Waals surface area contributed by atoms with Gasteiger partial charge in [0.1, 0.15) is 5.76 Å². The molecule has 116 valence electrons. The molecule has 7 heteroatoms. The van der Waals surface area contributed by atoms with E-state index in [1.807, 2.05) is 19.1 Å². The Bertz CT molecular complexity index is 654. The van der Waals surface area contributed by atoms with E-state index in [0.717, 1.165) is 0 Å². The SMILES string of the molecule is CCOc1ccccc1OCC(=O)NN=Cc1ccc(Br)o1. The van der Waals surface area contributed by atoms with Crippen LogP contribution >= 0.6 is 15.9 Å². The van der Waals surface area contributed by atoms with E-state index in [1.54, 1.807) is 24.3 Å². The summed E-state index contributed by atoms with van der Waals surface area (Å²) in [5.74, 6) is 1.25. The van der Waals surface area contributed by atoms with Crippen molar-refractivity contribution >= 4 is 28.1 Å². The highest BCUT2D eigenvalue weighted by atomic mass is 79.9. The third kappa shape index (κ3) is 4.92. The number of amides is 1. The maximum Gasteiger partial charge on any atom is 0.277 e. The Morgan fingerprint density at radius 1 is 1.27 bits per heavy atom. The van der Waals surface area contributed by atoms with Gasteiger partial charge >= 0.3 is 0 Å². The van der Waals surface area contributed by atoms with Gasteiger partial charge in [-0.25, -0.2) is 5.43 Å². The number of hydrogen-bond acceptors (Lipinski definition) is 5. The molecule has 1 amide bonds.